The first-order chi connectivity index (χ1) is 7.25. The Labute approximate surface area is 90.2 Å². The quantitative estimate of drug-likeness (QED) is 0.575. The molecule has 0 bridgehead atoms. The van der Waals surface area contributed by atoms with E-state index in [1.54, 1.807) is 29.4 Å². The molecule has 0 aliphatic rings. The summed E-state index contributed by atoms with van der Waals surface area (Å²) in [6.45, 7) is 0. The van der Waals surface area contributed by atoms with Crippen LogP contribution in [0.25, 0.3) is 6.08 Å². The fourth-order valence-corrected chi connectivity index (χ4v) is 1.47. The molecule has 0 saturated heterocycles. The molecule has 0 aliphatic heterocycles. The standard InChI is InChI=1S/C9H8N4OS/c1-13-5-7(4-10-13)9(14)3-2-8-6-15-12-11-8/h2-6H,1H3. The molecule has 0 fully saturated rings. The van der Waals surface area contributed by atoms with E-state index in [0.717, 1.165) is 0 Å². The molecule has 2 rings (SSSR count). The van der Waals surface area contributed by atoms with Crippen LogP contribution < -0.4 is 0 Å². The highest BCUT2D eigenvalue weighted by Gasteiger charge is 2.03. The molecule has 0 N–H and O–H groups in total. The maximum absolute atomic E-state index is 11.6. The summed E-state index contributed by atoms with van der Waals surface area (Å²) in [5.74, 6) is -0.0869. The first-order valence-electron chi connectivity index (χ1n) is 4.24. The smallest absolute Gasteiger partial charge is 0.189 e. The molecule has 0 unspecified atom stereocenters. The number of hydrogen-bond acceptors (Lipinski definition) is 5. The van der Waals surface area contributed by atoms with E-state index >= 15 is 0 Å². The van der Waals surface area contributed by atoms with Gasteiger partial charge in [-0.2, -0.15) is 5.10 Å². The van der Waals surface area contributed by atoms with Crippen LogP contribution in [0.15, 0.2) is 23.8 Å². The molecule has 0 saturated carbocycles. The lowest BCUT2D eigenvalue weighted by Gasteiger charge is -1.86. The lowest BCUT2D eigenvalue weighted by molar-refractivity contribution is 0.104. The Kier molecular flexibility index (Phi) is 2.68. The van der Waals surface area contributed by atoms with Crippen LogP contribution in [0, 0.1) is 0 Å². The average molecular weight is 220 g/mol. The van der Waals surface area contributed by atoms with Crippen molar-refractivity contribution < 1.29 is 4.79 Å². The first kappa shape index (κ1) is 9.72. The number of carbonyl (C=O) groups is 1. The summed E-state index contributed by atoms with van der Waals surface area (Å²) in [6.07, 6.45) is 6.31. The molecular weight excluding hydrogens is 212 g/mol. The molecule has 2 aromatic rings. The van der Waals surface area contributed by atoms with Crippen molar-refractivity contribution in [1.29, 1.82) is 0 Å². The minimum atomic E-state index is -0.0869. The van der Waals surface area contributed by atoms with Crippen molar-refractivity contribution in [3.8, 4) is 0 Å². The van der Waals surface area contributed by atoms with Gasteiger partial charge in [0, 0.05) is 18.6 Å². The van der Waals surface area contributed by atoms with Gasteiger partial charge in [-0.05, 0) is 23.7 Å². The van der Waals surface area contributed by atoms with Gasteiger partial charge in [0.15, 0.2) is 5.78 Å². The number of nitrogens with zero attached hydrogens (tertiary/aromatic N) is 4. The van der Waals surface area contributed by atoms with Gasteiger partial charge in [-0.1, -0.05) is 4.49 Å². The Balaban J connectivity index is 2.10. The highest BCUT2D eigenvalue weighted by atomic mass is 32.1. The van der Waals surface area contributed by atoms with Gasteiger partial charge >= 0.3 is 0 Å². The molecule has 76 valence electrons. The number of ketones is 1. The fourth-order valence-electron chi connectivity index (χ4n) is 1.05. The maximum Gasteiger partial charge on any atom is 0.189 e. The number of carbonyl (C=O) groups excluding carboxylic acids is 1. The summed E-state index contributed by atoms with van der Waals surface area (Å²) in [5.41, 5.74) is 1.26. The molecule has 0 radical (unpaired) electrons. The van der Waals surface area contributed by atoms with Gasteiger partial charge in [-0.3, -0.25) is 9.48 Å². The van der Waals surface area contributed by atoms with Gasteiger partial charge in [0.2, 0.25) is 0 Å². The predicted molar refractivity (Wildman–Crippen MR) is 56.5 cm³/mol. The molecule has 2 aromatic heterocycles. The Morgan fingerprint density at radius 2 is 2.47 bits per heavy atom. The zero-order valence-corrected chi connectivity index (χ0v) is 8.81. The summed E-state index contributed by atoms with van der Waals surface area (Å²) in [6, 6.07) is 0. The molecule has 0 aromatic carbocycles. The minimum absolute atomic E-state index is 0.0869. The third-order valence-corrected chi connectivity index (χ3v) is 2.29. The number of rotatable bonds is 3. The summed E-state index contributed by atoms with van der Waals surface area (Å²) in [5, 5.41) is 9.49. The van der Waals surface area contributed by atoms with E-state index in [2.05, 4.69) is 14.7 Å². The molecule has 0 aliphatic carbocycles. The van der Waals surface area contributed by atoms with Gasteiger partial charge in [-0.15, -0.1) is 5.10 Å². The van der Waals surface area contributed by atoms with Crippen molar-refractivity contribution in [2.75, 3.05) is 0 Å². The van der Waals surface area contributed by atoms with Gasteiger partial charge < -0.3 is 0 Å². The number of hydrogen-bond donors (Lipinski definition) is 0. The van der Waals surface area contributed by atoms with Crippen LogP contribution in [-0.2, 0) is 7.05 Å². The van der Waals surface area contributed by atoms with Crippen molar-refractivity contribution in [3.63, 3.8) is 0 Å². The van der Waals surface area contributed by atoms with E-state index in [0.29, 0.717) is 11.3 Å². The molecule has 0 amide bonds. The van der Waals surface area contributed by atoms with Crippen LogP contribution in [-0.4, -0.2) is 25.2 Å². The van der Waals surface area contributed by atoms with Crippen LogP contribution >= 0.6 is 11.5 Å². The zero-order valence-electron chi connectivity index (χ0n) is 7.99. The zero-order chi connectivity index (χ0) is 10.7. The Bertz CT molecular complexity index is 486. The van der Waals surface area contributed by atoms with Crippen molar-refractivity contribution in [3.05, 3.63) is 35.1 Å². The maximum atomic E-state index is 11.6. The minimum Gasteiger partial charge on any atom is -0.289 e. The molecule has 6 heteroatoms. The van der Waals surface area contributed by atoms with E-state index in [-0.39, 0.29) is 5.78 Å². The van der Waals surface area contributed by atoms with Gasteiger partial charge in [-0.25, -0.2) is 0 Å². The van der Waals surface area contributed by atoms with E-state index in [9.17, 15) is 4.79 Å². The van der Waals surface area contributed by atoms with Crippen LogP contribution in [0.4, 0.5) is 0 Å². The number of aryl methyl sites for hydroxylation is 1. The highest BCUT2D eigenvalue weighted by molar-refractivity contribution is 7.03. The van der Waals surface area contributed by atoms with Gasteiger partial charge in [0.05, 0.1) is 17.5 Å². The summed E-state index contributed by atoms with van der Waals surface area (Å²) < 4.78 is 5.28. The fraction of sp³-hybridized carbons (Fsp3) is 0.111. The van der Waals surface area contributed by atoms with Gasteiger partial charge in [0.25, 0.3) is 0 Å². The molecule has 0 atom stereocenters. The molecule has 0 spiro atoms. The van der Waals surface area contributed by atoms with Gasteiger partial charge in [0.1, 0.15) is 0 Å². The predicted octanol–water partition coefficient (Wildman–Crippen LogP) is 1.17. The SMILES string of the molecule is Cn1cc(C(=O)C=Cc2csnn2)cn1. The van der Waals surface area contributed by atoms with Crippen LogP contribution in [0.2, 0.25) is 0 Å². The lowest BCUT2D eigenvalue weighted by Crippen LogP contribution is -1.91. The summed E-state index contributed by atoms with van der Waals surface area (Å²) in [4.78, 5) is 11.6. The largest absolute Gasteiger partial charge is 0.289 e. The third kappa shape index (κ3) is 2.35. The van der Waals surface area contributed by atoms with E-state index in [1.165, 1.54) is 23.8 Å². The van der Waals surface area contributed by atoms with Crippen LogP contribution in [0.1, 0.15) is 16.1 Å². The topological polar surface area (TPSA) is 60.7 Å². The second-order valence-corrected chi connectivity index (χ2v) is 3.54. The Hall–Kier alpha value is -1.82. The van der Waals surface area contributed by atoms with E-state index in [1.807, 2.05) is 0 Å². The first-order valence-corrected chi connectivity index (χ1v) is 5.07. The highest BCUT2D eigenvalue weighted by Crippen LogP contribution is 2.03. The average Bonchev–Trinajstić information content (AvgIpc) is 2.84. The Morgan fingerprint density at radius 1 is 1.60 bits per heavy atom. The molecular formula is C9H8N4OS. The van der Waals surface area contributed by atoms with E-state index in [4.69, 9.17) is 0 Å². The monoisotopic (exact) mass is 220 g/mol. The van der Waals surface area contributed by atoms with Crippen molar-refractivity contribution in [2.24, 2.45) is 7.05 Å². The third-order valence-electron chi connectivity index (χ3n) is 1.77. The molecule has 2 heterocycles. The second-order valence-electron chi connectivity index (χ2n) is 2.93. The Morgan fingerprint density at radius 3 is 3.07 bits per heavy atom. The van der Waals surface area contributed by atoms with Crippen molar-refractivity contribution in [2.45, 2.75) is 0 Å². The second kappa shape index (κ2) is 4.14. The lowest BCUT2D eigenvalue weighted by atomic mass is 10.2. The summed E-state index contributed by atoms with van der Waals surface area (Å²) in [7, 11) is 1.77. The van der Waals surface area contributed by atoms with Crippen molar-refractivity contribution >= 4 is 23.4 Å². The van der Waals surface area contributed by atoms with Crippen molar-refractivity contribution in [1.82, 2.24) is 19.4 Å². The van der Waals surface area contributed by atoms with Crippen LogP contribution in [0.5, 0.6) is 0 Å². The number of allylic oxidation sites excluding steroid dienone is 1. The van der Waals surface area contributed by atoms with E-state index < -0.39 is 0 Å². The molecule has 15 heavy (non-hydrogen) atoms. The number of aromatic nitrogens is 4. The molecule has 5 nitrogen and oxygen atoms in total. The normalized spacial score (nSPS) is 11.0. The summed E-state index contributed by atoms with van der Waals surface area (Å²) >= 11 is 1.25. The van der Waals surface area contributed by atoms with Crippen LogP contribution in [0.3, 0.4) is 0 Å².